The van der Waals surface area contributed by atoms with Crippen molar-refractivity contribution in [3.63, 3.8) is 0 Å². The third-order valence-corrected chi connectivity index (χ3v) is 4.88. The Morgan fingerprint density at radius 3 is 2.94 bits per heavy atom. The Bertz CT molecular complexity index is 380. The summed E-state index contributed by atoms with van der Waals surface area (Å²) >= 11 is 1.85. The summed E-state index contributed by atoms with van der Waals surface area (Å²) in [4.78, 5) is 8.51. The molecule has 1 saturated carbocycles. The van der Waals surface area contributed by atoms with Crippen molar-refractivity contribution in [1.29, 1.82) is 0 Å². The zero-order valence-electron chi connectivity index (χ0n) is 11.2. The van der Waals surface area contributed by atoms with Gasteiger partial charge in [0.15, 0.2) is 0 Å². The zero-order chi connectivity index (χ0) is 12.4. The van der Waals surface area contributed by atoms with Crippen LogP contribution in [0.15, 0.2) is 6.20 Å². The molecule has 0 bridgehead atoms. The van der Waals surface area contributed by atoms with Gasteiger partial charge in [0.2, 0.25) is 0 Å². The summed E-state index contributed by atoms with van der Waals surface area (Å²) in [6.07, 6.45) is 7.62. The van der Waals surface area contributed by atoms with Crippen molar-refractivity contribution in [2.45, 2.75) is 45.2 Å². The molecule has 1 aliphatic carbocycles. The summed E-state index contributed by atoms with van der Waals surface area (Å²) in [6, 6.07) is 0.856. The van der Waals surface area contributed by atoms with E-state index < -0.39 is 0 Å². The van der Waals surface area contributed by atoms with Crippen molar-refractivity contribution in [3.8, 4) is 0 Å². The minimum Gasteiger partial charge on any atom is -0.316 e. The SMILES string of the molecule is Cc1ncc(CN(CC2CCCNC2)C2CC2)s1. The summed E-state index contributed by atoms with van der Waals surface area (Å²) < 4.78 is 0. The van der Waals surface area contributed by atoms with Crippen LogP contribution in [0.5, 0.6) is 0 Å². The van der Waals surface area contributed by atoms with Crippen LogP contribution in [0.3, 0.4) is 0 Å². The van der Waals surface area contributed by atoms with Gasteiger partial charge in [-0.05, 0) is 51.6 Å². The van der Waals surface area contributed by atoms with Crippen LogP contribution in [0.25, 0.3) is 0 Å². The van der Waals surface area contributed by atoms with E-state index in [9.17, 15) is 0 Å². The van der Waals surface area contributed by atoms with Crippen molar-refractivity contribution < 1.29 is 0 Å². The maximum absolute atomic E-state index is 4.38. The Morgan fingerprint density at radius 2 is 2.33 bits per heavy atom. The highest BCUT2D eigenvalue weighted by molar-refractivity contribution is 7.11. The van der Waals surface area contributed by atoms with Gasteiger partial charge < -0.3 is 5.32 Å². The minimum absolute atomic E-state index is 0.855. The van der Waals surface area contributed by atoms with Crippen LogP contribution in [0.2, 0.25) is 0 Å². The van der Waals surface area contributed by atoms with Gasteiger partial charge in [-0.25, -0.2) is 4.98 Å². The number of thiazole rings is 1. The molecule has 1 aromatic heterocycles. The van der Waals surface area contributed by atoms with Gasteiger partial charge in [-0.15, -0.1) is 11.3 Å². The highest BCUT2D eigenvalue weighted by Crippen LogP contribution is 2.30. The van der Waals surface area contributed by atoms with E-state index in [1.807, 2.05) is 11.3 Å². The maximum Gasteiger partial charge on any atom is 0.0897 e. The molecule has 1 aromatic rings. The molecular formula is C14H23N3S. The van der Waals surface area contributed by atoms with Gasteiger partial charge in [0.1, 0.15) is 0 Å². The fourth-order valence-electron chi connectivity index (χ4n) is 2.87. The fraction of sp³-hybridized carbons (Fsp3) is 0.786. The van der Waals surface area contributed by atoms with Gasteiger partial charge in [0.05, 0.1) is 5.01 Å². The maximum atomic E-state index is 4.38. The topological polar surface area (TPSA) is 28.2 Å². The third kappa shape index (κ3) is 3.31. The zero-order valence-corrected chi connectivity index (χ0v) is 12.0. The number of aryl methyl sites for hydroxylation is 1. The van der Waals surface area contributed by atoms with Crippen LogP contribution in [-0.4, -0.2) is 35.6 Å². The number of rotatable bonds is 5. The molecule has 0 aromatic carbocycles. The average molecular weight is 265 g/mol. The number of aromatic nitrogens is 1. The Balaban J connectivity index is 1.57. The molecule has 0 amide bonds. The molecule has 0 radical (unpaired) electrons. The van der Waals surface area contributed by atoms with E-state index in [0.717, 1.165) is 18.5 Å². The average Bonchev–Trinajstić information content (AvgIpc) is 3.15. The number of piperidine rings is 1. The summed E-state index contributed by atoms with van der Waals surface area (Å²) in [5.41, 5.74) is 0. The Hall–Kier alpha value is -0.450. The van der Waals surface area contributed by atoms with Gasteiger partial charge >= 0.3 is 0 Å². The molecule has 18 heavy (non-hydrogen) atoms. The van der Waals surface area contributed by atoms with E-state index in [0.29, 0.717) is 0 Å². The summed E-state index contributed by atoms with van der Waals surface area (Å²) in [7, 11) is 0. The predicted molar refractivity (Wildman–Crippen MR) is 75.9 cm³/mol. The largest absolute Gasteiger partial charge is 0.316 e. The molecule has 1 unspecified atom stereocenters. The van der Waals surface area contributed by atoms with Gasteiger partial charge in [-0.3, -0.25) is 4.90 Å². The Labute approximate surface area is 114 Å². The summed E-state index contributed by atoms with van der Waals surface area (Å²) in [6.45, 7) is 6.92. The monoisotopic (exact) mass is 265 g/mol. The van der Waals surface area contributed by atoms with E-state index in [1.54, 1.807) is 0 Å². The second kappa shape index (κ2) is 5.68. The highest BCUT2D eigenvalue weighted by atomic mass is 32.1. The summed E-state index contributed by atoms with van der Waals surface area (Å²) in [5.74, 6) is 0.855. The molecule has 2 aliphatic rings. The van der Waals surface area contributed by atoms with Crippen LogP contribution in [0, 0.1) is 12.8 Å². The Morgan fingerprint density at radius 1 is 1.44 bits per heavy atom. The van der Waals surface area contributed by atoms with Crippen molar-refractivity contribution in [2.24, 2.45) is 5.92 Å². The number of nitrogens with zero attached hydrogens (tertiary/aromatic N) is 2. The van der Waals surface area contributed by atoms with Crippen molar-refractivity contribution >= 4 is 11.3 Å². The Kier molecular flexibility index (Phi) is 3.97. The second-order valence-electron chi connectivity index (χ2n) is 5.72. The third-order valence-electron chi connectivity index (χ3n) is 3.98. The fourth-order valence-corrected chi connectivity index (χ4v) is 3.69. The molecule has 0 spiro atoms. The van der Waals surface area contributed by atoms with E-state index in [1.165, 1.54) is 55.2 Å². The lowest BCUT2D eigenvalue weighted by Gasteiger charge is -2.29. The van der Waals surface area contributed by atoms with Crippen LogP contribution in [-0.2, 0) is 6.54 Å². The first-order valence-corrected chi connectivity index (χ1v) is 7.99. The lowest BCUT2D eigenvalue weighted by molar-refractivity contribution is 0.194. The first-order valence-electron chi connectivity index (χ1n) is 7.17. The van der Waals surface area contributed by atoms with E-state index >= 15 is 0 Å². The number of hydrogen-bond acceptors (Lipinski definition) is 4. The van der Waals surface area contributed by atoms with Gasteiger partial charge in [-0.1, -0.05) is 0 Å². The molecule has 2 heterocycles. The molecule has 2 fully saturated rings. The highest BCUT2D eigenvalue weighted by Gasteiger charge is 2.31. The van der Waals surface area contributed by atoms with Gasteiger partial charge in [0.25, 0.3) is 0 Å². The molecule has 100 valence electrons. The van der Waals surface area contributed by atoms with Crippen LogP contribution in [0.4, 0.5) is 0 Å². The van der Waals surface area contributed by atoms with Crippen molar-refractivity contribution in [3.05, 3.63) is 16.1 Å². The van der Waals surface area contributed by atoms with Gasteiger partial charge in [0, 0.05) is 30.2 Å². The molecule has 1 aliphatic heterocycles. The van der Waals surface area contributed by atoms with E-state index in [-0.39, 0.29) is 0 Å². The standard InChI is InChI=1S/C14H23N3S/c1-11-16-8-14(18-11)10-17(13-4-5-13)9-12-3-2-6-15-7-12/h8,12-13,15H,2-7,9-10H2,1H3. The van der Waals surface area contributed by atoms with E-state index in [4.69, 9.17) is 0 Å². The first kappa shape index (κ1) is 12.6. The van der Waals surface area contributed by atoms with Crippen LogP contribution in [0.1, 0.15) is 35.6 Å². The molecule has 1 atom stereocenters. The lowest BCUT2D eigenvalue weighted by atomic mass is 9.99. The predicted octanol–water partition coefficient (Wildman–Crippen LogP) is 2.42. The molecule has 1 N–H and O–H groups in total. The van der Waals surface area contributed by atoms with Crippen LogP contribution < -0.4 is 5.32 Å². The number of nitrogens with one attached hydrogen (secondary N) is 1. The first-order chi connectivity index (χ1) is 8.81. The molecule has 1 saturated heterocycles. The second-order valence-corrected chi connectivity index (χ2v) is 7.04. The molecule has 3 rings (SSSR count). The van der Waals surface area contributed by atoms with Gasteiger partial charge in [-0.2, -0.15) is 0 Å². The van der Waals surface area contributed by atoms with Crippen molar-refractivity contribution in [2.75, 3.05) is 19.6 Å². The molecule has 3 nitrogen and oxygen atoms in total. The molecular weight excluding hydrogens is 242 g/mol. The van der Waals surface area contributed by atoms with E-state index in [2.05, 4.69) is 28.3 Å². The number of hydrogen-bond donors (Lipinski definition) is 1. The summed E-state index contributed by atoms with van der Waals surface area (Å²) in [5, 5.41) is 4.73. The smallest absolute Gasteiger partial charge is 0.0897 e. The molecule has 4 heteroatoms. The van der Waals surface area contributed by atoms with Crippen LogP contribution >= 0.6 is 11.3 Å². The minimum atomic E-state index is 0.855. The lowest BCUT2D eigenvalue weighted by Crippen LogP contribution is -2.38. The van der Waals surface area contributed by atoms with Crippen molar-refractivity contribution in [1.82, 2.24) is 15.2 Å². The quantitative estimate of drug-likeness (QED) is 0.886. The normalized spacial score (nSPS) is 24.7.